The molecule has 0 atom stereocenters. The highest BCUT2D eigenvalue weighted by Crippen LogP contribution is 2.47. The number of aromatic nitrogens is 5. The second-order valence-electron chi connectivity index (χ2n) is 24.1. The molecule has 7 nitrogen and oxygen atoms in total. The summed E-state index contributed by atoms with van der Waals surface area (Å²) >= 11 is 0. The molecule has 12 aromatic rings. The van der Waals surface area contributed by atoms with Crippen molar-refractivity contribution in [3.63, 3.8) is 0 Å². The average molecular weight is 999 g/mol. The largest absolute Gasteiger partial charge is 0.458 e. The Morgan fingerprint density at radius 2 is 0.896 bits per heavy atom. The summed E-state index contributed by atoms with van der Waals surface area (Å²) in [6, 6.07) is 70.5. The highest BCUT2D eigenvalue weighted by Gasteiger charge is 2.43. The molecule has 2 aliphatic rings. The molecule has 374 valence electrons. The lowest BCUT2D eigenvalue weighted by Gasteiger charge is -2.41. The van der Waals surface area contributed by atoms with Crippen LogP contribution in [-0.2, 0) is 16.2 Å². The van der Waals surface area contributed by atoms with Crippen LogP contribution >= 0.6 is 0 Å². The first-order chi connectivity index (χ1) is 37.1. The first kappa shape index (κ1) is 46.8. The molecule has 9 aromatic carbocycles. The molecule has 0 unspecified atom stereocenters. The standard InChI is InChI=1S/C69H59BN6O/c1-67(2,3)44-28-32-47(33-29-44)74-57-36-30-45(68(4,5)6)38-53(57)70-54-39-46(69(7,8)9)31-37-59(54)77-60-41-48(40-58(74)61(60)70)75-55-26-18-16-24-49(55)51-34-35-52-50-25-17-19-27-56(50)76(63(52)62(51)75)66-72-64(42-20-12-10-13-21-42)71-65(73-66)43-22-14-11-15-23-43/h10-41H,1-9H3. The lowest BCUT2D eigenvalue weighted by molar-refractivity contribution is 0.486. The number of benzene rings is 9. The Balaban J connectivity index is 1.10. The zero-order valence-corrected chi connectivity index (χ0v) is 45.1. The van der Waals surface area contributed by atoms with E-state index in [-0.39, 0.29) is 23.0 Å². The van der Waals surface area contributed by atoms with Gasteiger partial charge in [0.2, 0.25) is 5.95 Å². The normalized spacial score (nSPS) is 13.3. The molecule has 0 bridgehead atoms. The minimum absolute atomic E-state index is 0.00962. The Morgan fingerprint density at radius 3 is 1.48 bits per heavy atom. The number of anilines is 3. The van der Waals surface area contributed by atoms with E-state index in [1.165, 1.54) is 33.3 Å². The van der Waals surface area contributed by atoms with Crippen LogP contribution in [0, 0.1) is 0 Å². The molecule has 14 rings (SSSR count). The number of hydrogen-bond donors (Lipinski definition) is 0. The minimum Gasteiger partial charge on any atom is -0.458 e. The third-order valence-electron chi connectivity index (χ3n) is 16.1. The number of hydrogen-bond acceptors (Lipinski definition) is 5. The van der Waals surface area contributed by atoms with Crippen molar-refractivity contribution in [1.29, 1.82) is 0 Å². The first-order valence-corrected chi connectivity index (χ1v) is 27.0. The quantitative estimate of drug-likeness (QED) is 0.161. The van der Waals surface area contributed by atoms with Crippen molar-refractivity contribution in [2.24, 2.45) is 0 Å². The molecular weight excluding hydrogens is 940 g/mol. The van der Waals surface area contributed by atoms with Gasteiger partial charge in [-0.25, -0.2) is 4.98 Å². The lowest BCUT2D eigenvalue weighted by atomic mass is 9.33. The second kappa shape index (κ2) is 16.9. The van der Waals surface area contributed by atoms with Gasteiger partial charge in [0.05, 0.1) is 27.8 Å². The number of ether oxygens (including phenoxy) is 1. The van der Waals surface area contributed by atoms with Crippen molar-refractivity contribution in [3.05, 3.63) is 211 Å². The van der Waals surface area contributed by atoms with Crippen LogP contribution in [0.4, 0.5) is 17.1 Å². The van der Waals surface area contributed by atoms with E-state index in [2.05, 4.69) is 234 Å². The molecule has 8 heteroatoms. The lowest BCUT2D eigenvalue weighted by Crippen LogP contribution is -2.60. The Labute approximate surface area is 450 Å². The summed E-state index contributed by atoms with van der Waals surface area (Å²) < 4.78 is 12.1. The van der Waals surface area contributed by atoms with E-state index >= 15 is 0 Å². The van der Waals surface area contributed by atoms with E-state index in [9.17, 15) is 0 Å². The zero-order chi connectivity index (χ0) is 52.7. The highest BCUT2D eigenvalue weighted by atomic mass is 16.5. The van der Waals surface area contributed by atoms with Gasteiger partial charge in [0.15, 0.2) is 11.6 Å². The molecule has 0 radical (unpaired) electrons. The molecule has 0 saturated heterocycles. The molecular formula is C69H59BN6O. The minimum atomic E-state index is -0.0867. The van der Waals surface area contributed by atoms with E-state index in [0.717, 1.165) is 88.8 Å². The van der Waals surface area contributed by atoms with Crippen LogP contribution in [-0.4, -0.2) is 30.8 Å². The fourth-order valence-electron chi connectivity index (χ4n) is 12.1. The van der Waals surface area contributed by atoms with Crippen molar-refractivity contribution in [3.8, 4) is 45.9 Å². The fraction of sp³-hybridized carbons (Fsp3) is 0.174. The van der Waals surface area contributed by atoms with E-state index in [0.29, 0.717) is 17.6 Å². The maximum atomic E-state index is 7.38. The molecule has 2 aliphatic heterocycles. The van der Waals surface area contributed by atoms with Gasteiger partial charge < -0.3 is 14.2 Å². The average Bonchev–Trinajstić information content (AvgIpc) is 4.08. The second-order valence-corrected chi connectivity index (χ2v) is 24.1. The van der Waals surface area contributed by atoms with Crippen LogP contribution in [0.1, 0.15) is 79.0 Å². The van der Waals surface area contributed by atoms with Gasteiger partial charge in [-0.3, -0.25) is 4.57 Å². The Hall–Kier alpha value is -8.75. The fourth-order valence-corrected chi connectivity index (χ4v) is 12.1. The number of fused-ring (bicyclic) bond motifs is 11. The van der Waals surface area contributed by atoms with Crippen LogP contribution in [0.5, 0.6) is 11.5 Å². The van der Waals surface area contributed by atoms with Crippen LogP contribution in [0.3, 0.4) is 0 Å². The summed E-state index contributed by atoms with van der Waals surface area (Å²) in [6.45, 7) is 20.6. The van der Waals surface area contributed by atoms with Gasteiger partial charge in [0.25, 0.3) is 6.71 Å². The maximum absolute atomic E-state index is 7.38. The van der Waals surface area contributed by atoms with Gasteiger partial charge in [-0.15, -0.1) is 0 Å². The molecule has 0 fully saturated rings. The summed E-state index contributed by atoms with van der Waals surface area (Å²) in [5, 5.41) is 4.48. The van der Waals surface area contributed by atoms with Crippen molar-refractivity contribution < 1.29 is 4.74 Å². The number of nitrogens with zero attached hydrogens (tertiary/aromatic N) is 6. The van der Waals surface area contributed by atoms with Crippen molar-refractivity contribution in [1.82, 2.24) is 24.1 Å². The zero-order valence-electron chi connectivity index (χ0n) is 45.1. The predicted octanol–water partition coefficient (Wildman–Crippen LogP) is 15.7. The molecule has 0 amide bonds. The SMILES string of the molecule is CC(C)(C)c1ccc(N2c3ccc(C(C)(C)C)cc3B3c4cc(C(C)(C)C)ccc4Oc4cc(-n5c6ccccc6c6ccc7c8ccccc8n(-c8nc(-c9ccccc9)nc(-c9ccccc9)n8)c7c65)cc2c43)cc1. The van der Waals surface area contributed by atoms with E-state index < -0.39 is 0 Å². The van der Waals surface area contributed by atoms with Gasteiger partial charge in [0, 0.05) is 55.8 Å². The Bertz CT molecular complexity index is 4310. The van der Waals surface area contributed by atoms with Crippen molar-refractivity contribution in [2.75, 3.05) is 4.90 Å². The molecule has 77 heavy (non-hydrogen) atoms. The van der Waals surface area contributed by atoms with Crippen LogP contribution < -0.4 is 26.0 Å². The molecule has 0 spiro atoms. The van der Waals surface area contributed by atoms with Crippen LogP contribution in [0.15, 0.2) is 194 Å². The monoisotopic (exact) mass is 998 g/mol. The molecule has 0 saturated carbocycles. The van der Waals surface area contributed by atoms with Crippen LogP contribution in [0.2, 0.25) is 0 Å². The summed E-state index contributed by atoms with van der Waals surface area (Å²) in [5.41, 5.74) is 17.7. The predicted molar refractivity (Wildman–Crippen MR) is 321 cm³/mol. The molecule has 0 N–H and O–H groups in total. The van der Waals surface area contributed by atoms with Gasteiger partial charge in [-0.2, -0.15) is 9.97 Å². The highest BCUT2D eigenvalue weighted by molar-refractivity contribution is 6.99. The van der Waals surface area contributed by atoms with E-state index in [1.54, 1.807) is 0 Å². The summed E-state index contributed by atoms with van der Waals surface area (Å²) in [6.07, 6.45) is 0. The summed E-state index contributed by atoms with van der Waals surface area (Å²) in [7, 11) is 0. The Kier molecular flexibility index (Phi) is 10.3. The molecule has 0 aliphatic carbocycles. The topological polar surface area (TPSA) is 61.0 Å². The molecule has 5 heterocycles. The summed E-state index contributed by atoms with van der Waals surface area (Å²) in [5.74, 6) is 3.49. The third kappa shape index (κ3) is 7.44. The van der Waals surface area contributed by atoms with E-state index in [1.807, 2.05) is 36.4 Å². The van der Waals surface area contributed by atoms with Gasteiger partial charge in [0.1, 0.15) is 11.5 Å². The van der Waals surface area contributed by atoms with Crippen molar-refractivity contribution >= 4 is 83.8 Å². The van der Waals surface area contributed by atoms with Gasteiger partial charge >= 0.3 is 0 Å². The van der Waals surface area contributed by atoms with E-state index in [4.69, 9.17) is 19.7 Å². The maximum Gasteiger partial charge on any atom is 0.256 e. The number of para-hydroxylation sites is 2. The van der Waals surface area contributed by atoms with Crippen molar-refractivity contribution in [2.45, 2.75) is 78.6 Å². The number of rotatable bonds is 5. The van der Waals surface area contributed by atoms with Gasteiger partial charge in [-0.05, 0) is 91.8 Å². The molecule has 3 aromatic heterocycles. The van der Waals surface area contributed by atoms with Gasteiger partial charge in [-0.1, -0.05) is 208 Å². The first-order valence-electron chi connectivity index (χ1n) is 27.0. The Morgan fingerprint density at radius 1 is 0.390 bits per heavy atom. The third-order valence-corrected chi connectivity index (χ3v) is 16.1. The smallest absolute Gasteiger partial charge is 0.256 e. The van der Waals surface area contributed by atoms with Crippen LogP contribution in [0.25, 0.3) is 78.0 Å². The summed E-state index contributed by atoms with van der Waals surface area (Å²) in [4.78, 5) is 18.4.